The van der Waals surface area contributed by atoms with Gasteiger partial charge in [-0.25, -0.2) is 9.97 Å². The summed E-state index contributed by atoms with van der Waals surface area (Å²) in [4.78, 5) is 12.0. The zero-order valence-electron chi connectivity index (χ0n) is 12.2. The molecule has 2 unspecified atom stereocenters. The van der Waals surface area contributed by atoms with E-state index in [0.717, 1.165) is 34.9 Å². The van der Waals surface area contributed by atoms with Crippen LogP contribution in [0.5, 0.6) is 0 Å². The third-order valence-electron chi connectivity index (χ3n) is 5.11. The minimum absolute atomic E-state index is 0.538. The van der Waals surface area contributed by atoms with Crippen molar-refractivity contribution < 1.29 is 0 Å². The van der Waals surface area contributed by atoms with Crippen molar-refractivity contribution in [2.24, 2.45) is 5.73 Å². The molecular weight excluding hydrogens is 236 g/mol. The molecule has 2 N–H and O–H groups in total. The second-order valence-electron chi connectivity index (χ2n) is 6.15. The van der Waals surface area contributed by atoms with Crippen LogP contribution in [-0.4, -0.2) is 34.0 Å². The molecule has 19 heavy (non-hydrogen) atoms. The number of aryl methyl sites for hydroxylation is 2. The largest absolute Gasteiger partial charge is 0.326 e. The van der Waals surface area contributed by atoms with Gasteiger partial charge in [-0.15, -0.1) is 0 Å². The summed E-state index contributed by atoms with van der Waals surface area (Å²) in [5.74, 6) is 1.59. The highest BCUT2D eigenvalue weighted by Crippen LogP contribution is 2.41. The molecule has 0 amide bonds. The molecule has 2 fully saturated rings. The van der Waals surface area contributed by atoms with Crippen LogP contribution in [0.25, 0.3) is 0 Å². The summed E-state index contributed by atoms with van der Waals surface area (Å²) in [7, 11) is 2.27. The van der Waals surface area contributed by atoms with Crippen molar-refractivity contribution in [3.63, 3.8) is 0 Å². The normalized spacial score (nSPS) is 30.8. The van der Waals surface area contributed by atoms with Gasteiger partial charge in [0.1, 0.15) is 5.82 Å². The molecule has 2 saturated heterocycles. The van der Waals surface area contributed by atoms with Gasteiger partial charge in [0.15, 0.2) is 0 Å². The lowest BCUT2D eigenvalue weighted by Gasteiger charge is -2.35. The van der Waals surface area contributed by atoms with Crippen molar-refractivity contribution in [3.8, 4) is 0 Å². The van der Waals surface area contributed by atoms with Crippen LogP contribution in [0.2, 0.25) is 0 Å². The van der Waals surface area contributed by atoms with Crippen LogP contribution >= 0.6 is 0 Å². The van der Waals surface area contributed by atoms with E-state index < -0.39 is 0 Å². The summed E-state index contributed by atoms with van der Waals surface area (Å²) in [5, 5.41) is 0. The zero-order valence-corrected chi connectivity index (χ0v) is 12.2. The van der Waals surface area contributed by atoms with Crippen LogP contribution < -0.4 is 5.73 Å². The van der Waals surface area contributed by atoms with E-state index in [1.807, 2.05) is 0 Å². The third kappa shape index (κ3) is 2.17. The van der Waals surface area contributed by atoms with Crippen molar-refractivity contribution in [3.05, 3.63) is 22.8 Å². The summed E-state index contributed by atoms with van der Waals surface area (Å²) in [6.45, 7) is 4.66. The molecule has 2 atom stereocenters. The Morgan fingerprint density at radius 2 is 1.63 bits per heavy atom. The van der Waals surface area contributed by atoms with Crippen molar-refractivity contribution in [2.45, 2.75) is 64.1 Å². The summed E-state index contributed by atoms with van der Waals surface area (Å²) >= 11 is 0. The second-order valence-corrected chi connectivity index (χ2v) is 6.15. The predicted octanol–water partition coefficient (Wildman–Crippen LogP) is 1.89. The maximum absolute atomic E-state index is 5.77. The van der Waals surface area contributed by atoms with Crippen molar-refractivity contribution in [1.29, 1.82) is 0 Å². The molecule has 4 nitrogen and oxygen atoms in total. The molecular formula is C15H24N4. The Balaban J connectivity index is 1.88. The minimum Gasteiger partial charge on any atom is -0.326 e. The Morgan fingerprint density at radius 1 is 1.11 bits per heavy atom. The van der Waals surface area contributed by atoms with Crippen LogP contribution in [0.3, 0.4) is 0 Å². The summed E-state index contributed by atoms with van der Waals surface area (Å²) < 4.78 is 0. The van der Waals surface area contributed by atoms with Gasteiger partial charge in [0.2, 0.25) is 0 Å². The Bertz CT molecular complexity index is 448. The zero-order chi connectivity index (χ0) is 13.6. The Hall–Kier alpha value is -1.00. The Labute approximate surface area is 115 Å². The lowest BCUT2D eigenvalue weighted by molar-refractivity contribution is 0.158. The molecule has 2 aliphatic rings. The molecule has 0 radical (unpaired) electrons. The SMILES string of the molecule is Cc1nc(C2CC3CCC(C2)N3C)nc(C)c1CN. The molecule has 0 aromatic carbocycles. The molecule has 0 saturated carbocycles. The van der Waals surface area contributed by atoms with E-state index in [1.165, 1.54) is 25.7 Å². The Morgan fingerprint density at radius 3 is 2.11 bits per heavy atom. The van der Waals surface area contributed by atoms with Crippen LogP contribution in [0.1, 0.15) is 54.4 Å². The molecule has 2 aliphatic heterocycles. The van der Waals surface area contributed by atoms with Crippen LogP contribution in [0.4, 0.5) is 0 Å². The number of aromatic nitrogens is 2. The molecule has 0 spiro atoms. The van der Waals surface area contributed by atoms with Gasteiger partial charge in [-0.1, -0.05) is 0 Å². The lowest BCUT2D eigenvalue weighted by atomic mass is 9.90. The van der Waals surface area contributed by atoms with E-state index in [9.17, 15) is 0 Å². The van der Waals surface area contributed by atoms with Gasteiger partial charge in [0, 0.05) is 41.5 Å². The number of hydrogen-bond acceptors (Lipinski definition) is 4. The lowest BCUT2D eigenvalue weighted by Crippen LogP contribution is -2.39. The van der Waals surface area contributed by atoms with Gasteiger partial charge in [-0.05, 0) is 46.6 Å². The molecule has 3 rings (SSSR count). The first-order valence-electron chi connectivity index (χ1n) is 7.36. The fourth-order valence-corrected chi connectivity index (χ4v) is 3.87. The highest BCUT2D eigenvalue weighted by atomic mass is 15.2. The van der Waals surface area contributed by atoms with Crippen molar-refractivity contribution in [1.82, 2.24) is 14.9 Å². The number of hydrogen-bond donors (Lipinski definition) is 1. The van der Waals surface area contributed by atoms with E-state index in [0.29, 0.717) is 12.5 Å². The molecule has 0 aliphatic carbocycles. The average molecular weight is 260 g/mol. The standard InChI is InChI=1S/C15H24N4/c1-9-14(8-16)10(2)18-15(17-9)11-6-12-4-5-13(7-11)19(12)3/h11-13H,4-8,16H2,1-3H3. The first-order valence-corrected chi connectivity index (χ1v) is 7.36. The molecule has 1 aromatic heterocycles. The highest BCUT2D eigenvalue weighted by molar-refractivity contribution is 5.25. The minimum atomic E-state index is 0.538. The monoisotopic (exact) mass is 260 g/mol. The van der Waals surface area contributed by atoms with Gasteiger partial charge in [0.05, 0.1) is 0 Å². The maximum atomic E-state index is 5.77. The fraction of sp³-hybridized carbons (Fsp3) is 0.733. The molecule has 2 bridgehead atoms. The number of rotatable bonds is 2. The van der Waals surface area contributed by atoms with Crippen molar-refractivity contribution in [2.75, 3.05) is 7.05 Å². The molecule has 104 valence electrons. The predicted molar refractivity (Wildman–Crippen MR) is 75.9 cm³/mol. The quantitative estimate of drug-likeness (QED) is 0.882. The van der Waals surface area contributed by atoms with Crippen LogP contribution in [-0.2, 0) is 6.54 Å². The van der Waals surface area contributed by atoms with E-state index in [-0.39, 0.29) is 0 Å². The maximum Gasteiger partial charge on any atom is 0.132 e. The first-order chi connectivity index (χ1) is 9.10. The van der Waals surface area contributed by atoms with Gasteiger partial charge in [-0.2, -0.15) is 0 Å². The Kier molecular flexibility index (Phi) is 3.31. The van der Waals surface area contributed by atoms with Gasteiger partial charge in [-0.3, -0.25) is 0 Å². The van der Waals surface area contributed by atoms with Crippen molar-refractivity contribution >= 4 is 0 Å². The van der Waals surface area contributed by atoms with Crippen LogP contribution in [0, 0.1) is 13.8 Å². The smallest absolute Gasteiger partial charge is 0.132 e. The summed E-state index contributed by atoms with van der Waals surface area (Å²) in [6.07, 6.45) is 5.12. The van der Waals surface area contributed by atoms with E-state index in [4.69, 9.17) is 15.7 Å². The van der Waals surface area contributed by atoms with Gasteiger partial charge in [0.25, 0.3) is 0 Å². The molecule has 3 heterocycles. The second kappa shape index (κ2) is 4.84. The topological polar surface area (TPSA) is 55.0 Å². The highest BCUT2D eigenvalue weighted by Gasteiger charge is 2.39. The average Bonchev–Trinajstić information content (AvgIpc) is 2.62. The third-order valence-corrected chi connectivity index (χ3v) is 5.11. The van der Waals surface area contributed by atoms with E-state index in [1.54, 1.807) is 0 Å². The summed E-state index contributed by atoms with van der Waals surface area (Å²) in [6, 6.07) is 1.48. The number of piperidine rings is 1. The van der Waals surface area contributed by atoms with Crippen LogP contribution in [0.15, 0.2) is 0 Å². The first kappa shape index (κ1) is 13.0. The van der Waals surface area contributed by atoms with E-state index >= 15 is 0 Å². The summed E-state index contributed by atoms with van der Waals surface area (Å²) in [5.41, 5.74) is 9.01. The molecule has 1 aromatic rings. The van der Waals surface area contributed by atoms with Gasteiger partial charge < -0.3 is 10.6 Å². The number of nitrogens with two attached hydrogens (primary N) is 1. The number of nitrogens with zero attached hydrogens (tertiary/aromatic N) is 3. The van der Waals surface area contributed by atoms with Gasteiger partial charge >= 0.3 is 0 Å². The molecule has 4 heteroatoms. The van der Waals surface area contributed by atoms with E-state index in [2.05, 4.69) is 25.8 Å². The number of fused-ring (bicyclic) bond motifs is 2. The fourth-order valence-electron chi connectivity index (χ4n) is 3.87.